The van der Waals surface area contributed by atoms with E-state index in [1.807, 2.05) is 0 Å². The third-order valence-corrected chi connectivity index (χ3v) is 5.44. The summed E-state index contributed by atoms with van der Waals surface area (Å²) in [6.07, 6.45) is 0. The molecular formula is C15H19OS+. The lowest BCUT2D eigenvalue weighted by molar-refractivity contribution is 0.405. The maximum Gasteiger partial charge on any atom is 0.204 e. The molecule has 0 aromatic heterocycles. The van der Waals surface area contributed by atoms with Crippen LogP contribution in [0.3, 0.4) is 0 Å². The molecule has 0 saturated heterocycles. The van der Waals surface area contributed by atoms with Gasteiger partial charge in [0.05, 0.1) is 7.11 Å². The van der Waals surface area contributed by atoms with Crippen LogP contribution in [0.25, 0.3) is 10.8 Å². The van der Waals surface area contributed by atoms with Crippen LogP contribution < -0.4 is 4.74 Å². The quantitative estimate of drug-likeness (QED) is 0.745. The molecule has 0 amide bonds. The molecule has 0 unspecified atom stereocenters. The van der Waals surface area contributed by atoms with Gasteiger partial charge in [0.25, 0.3) is 0 Å². The third-order valence-electron chi connectivity index (χ3n) is 3.05. The Hall–Kier alpha value is -1.15. The van der Waals surface area contributed by atoms with E-state index in [1.165, 1.54) is 27.2 Å². The fourth-order valence-corrected chi connectivity index (χ4v) is 4.09. The van der Waals surface area contributed by atoms with Gasteiger partial charge >= 0.3 is 0 Å². The zero-order valence-corrected chi connectivity index (χ0v) is 11.5. The van der Waals surface area contributed by atoms with E-state index in [0.29, 0.717) is 0 Å². The zero-order valence-electron chi connectivity index (χ0n) is 10.7. The van der Waals surface area contributed by atoms with E-state index in [9.17, 15) is 0 Å². The molecule has 0 aliphatic carbocycles. The fourth-order valence-electron chi connectivity index (χ4n) is 2.17. The molecule has 0 heterocycles. The largest absolute Gasteiger partial charge is 0.492 e. The number of methoxy groups -OCH3 is 1. The predicted molar refractivity (Wildman–Crippen MR) is 77.2 cm³/mol. The topological polar surface area (TPSA) is 9.23 Å². The van der Waals surface area contributed by atoms with E-state index >= 15 is 0 Å². The van der Waals surface area contributed by atoms with E-state index in [2.05, 4.69) is 50.2 Å². The molecule has 2 heteroatoms. The zero-order chi connectivity index (χ0) is 12.3. The van der Waals surface area contributed by atoms with Crippen LogP contribution in [0.1, 0.15) is 13.8 Å². The Kier molecular flexibility index (Phi) is 3.95. The van der Waals surface area contributed by atoms with Gasteiger partial charge < -0.3 is 4.74 Å². The maximum atomic E-state index is 5.55. The second-order valence-corrected chi connectivity index (χ2v) is 6.44. The summed E-state index contributed by atoms with van der Waals surface area (Å²) in [6.45, 7) is 4.52. The van der Waals surface area contributed by atoms with Crippen molar-refractivity contribution in [1.29, 1.82) is 0 Å². The molecule has 0 aliphatic rings. The van der Waals surface area contributed by atoms with E-state index < -0.39 is 0 Å². The molecule has 0 bridgehead atoms. The van der Waals surface area contributed by atoms with Gasteiger partial charge in [-0.2, -0.15) is 0 Å². The predicted octanol–water partition coefficient (Wildman–Crippen LogP) is 3.87. The van der Waals surface area contributed by atoms with Crippen LogP contribution in [-0.2, 0) is 10.9 Å². The summed E-state index contributed by atoms with van der Waals surface area (Å²) in [5.74, 6) is 3.40. The van der Waals surface area contributed by atoms with Crippen molar-refractivity contribution in [3.05, 3.63) is 36.4 Å². The maximum absolute atomic E-state index is 5.55. The van der Waals surface area contributed by atoms with E-state index in [1.54, 1.807) is 7.11 Å². The van der Waals surface area contributed by atoms with Gasteiger partial charge in [-0.1, -0.05) is 24.3 Å². The summed E-state index contributed by atoms with van der Waals surface area (Å²) in [5, 5.41) is 2.65. The molecule has 1 nitrogen and oxygen atoms in total. The summed E-state index contributed by atoms with van der Waals surface area (Å²) in [5.41, 5.74) is 0. The Bertz CT molecular complexity index is 503. The van der Waals surface area contributed by atoms with E-state index in [0.717, 1.165) is 5.75 Å². The van der Waals surface area contributed by atoms with Crippen LogP contribution >= 0.6 is 0 Å². The van der Waals surface area contributed by atoms with Gasteiger partial charge in [-0.15, -0.1) is 0 Å². The summed E-state index contributed by atoms with van der Waals surface area (Å²) in [6, 6.07) is 12.8. The minimum absolute atomic E-state index is 0.287. The van der Waals surface area contributed by atoms with Crippen LogP contribution in [0.5, 0.6) is 5.75 Å². The molecule has 0 radical (unpaired) electrons. The Labute approximate surface area is 106 Å². The lowest BCUT2D eigenvalue weighted by atomic mass is 10.1. The standard InChI is InChI=1S/C15H19OS/c1-4-17(5-2)15-13-9-7-6-8-12(13)10-11-14(15)16-3/h6-11H,4-5H2,1-3H3/q+1. The molecule has 0 aliphatic heterocycles. The molecule has 0 atom stereocenters. The average molecular weight is 247 g/mol. The van der Waals surface area contributed by atoms with Gasteiger partial charge in [-0.3, -0.25) is 0 Å². The molecule has 0 N–H and O–H groups in total. The highest BCUT2D eigenvalue weighted by atomic mass is 32.2. The van der Waals surface area contributed by atoms with Crippen molar-refractivity contribution in [3.63, 3.8) is 0 Å². The molecule has 0 saturated carbocycles. The minimum atomic E-state index is 0.287. The number of benzene rings is 2. The van der Waals surface area contributed by atoms with Gasteiger partial charge in [0.2, 0.25) is 4.90 Å². The number of ether oxygens (including phenoxy) is 1. The number of hydrogen-bond donors (Lipinski definition) is 0. The first-order valence-electron chi connectivity index (χ1n) is 6.05. The lowest BCUT2D eigenvalue weighted by Gasteiger charge is -2.11. The van der Waals surface area contributed by atoms with E-state index in [-0.39, 0.29) is 10.9 Å². The number of hydrogen-bond acceptors (Lipinski definition) is 1. The fraction of sp³-hybridized carbons (Fsp3) is 0.333. The van der Waals surface area contributed by atoms with E-state index in [4.69, 9.17) is 4.74 Å². The van der Waals surface area contributed by atoms with Crippen molar-refractivity contribution < 1.29 is 4.74 Å². The summed E-state index contributed by atoms with van der Waals surface area (Å²) in [7, 11) is 2.05. The lowest BCUT2D eigenvalue weighted by Crippen LogP contribution is -2.10. The highest BCUT2D eigenvalue weighted by Crippen LogP contribution is 2.33. The highest BCUT2D eigenvalue weighted by Gasteiger charge is 2.24. The molecule has 0 fully saturated rings. The van der Waals surface area contributed by atoms with Crippen LogP contribution in [-0.4, -0.2) is 18.6 Å². The second-order valence-electron chi connectivity index (χ2n) is 3.89. The first kappa shape index (κ1) is 12.3. The van der Waals surface area contributed by atoms with Crippen molar-refractivity contribution in [2.24, 2.45) is 0 Å². The first-order chi connectivity index (χ1) is 8.31. The van der Waals surface area contributed by atoms with Gasteiger partial charge in [0, 0.05) is 16.3 Å². The van der Waals surface area contributed by atoms with Crippen LogP contribution in [0.2, 0.25) is 0 Å². The molecule has 90 valence electrons. The normalized spacial score (nSPS) is 11.1. The van der Waals surface area contributed by atoms with Crippen molar-refractivity contribution in [3.8, 4) is 5.75 Å². The van der Waals surface area contributed by atoms with Crippen molar-refractivity contribution >= 4 is 21.7 Å². The first-order valence-corrected chi connectivity index (χ1v) is 7.61. The Morgan fingerprint density at radius 1 is 1.00 bits per heavy atom. The Morgan fingerprint density at radius 2 is 1.71 bits per heavy atom. The Balaban J connectivity index is 2.70. The smallest absolute Gasteiger partial charge is 0.204 e. The van der Waals surface area contributed by atoms with Crippen molar-refractivity contribution in [1.82, 2.24) is 0 Å². The summed E-state index contributed by atoms with van der Waals surface area (Å²) >= 11 is 0. The van der Waals surface area contributed by atoms with Crippen LogP contribution in [0, 0.1) is 0 Å². The van der Waals surface area contributed by atoms with Gasteiger partial charge in [0.15, 0.2) is 5.75 Å². The third kappa shape index (κ3) is 2.27. The second kappa shape index (κ2) is 5.46. The molecule has 0 spiro atoms. The molecular weight excluding hydrogens is 228 g/mol. The van der Waals surface area contributed by atoms with Crippen LogP contribution in [0.15, 0.2) is 41.3 Å². The van der Waals surface area contributed by atoms with Crippen LogP contribution in [0.4, 0.5) is 0 Å². The SMILES string of the molecule is CC[S+](CC)c1c(OC)ccc2ccccc12. The van der Waals surface area contributed by atoms with Gasteiger partial charge in [-0.05, 0) is 31.4 Å². The van der Waals surface area contributed by atoms with Gasteiger partial charge in [-0.25, -0.2) is 0 Å². The summed E-state index contributed by atoms with van der Waals surface area (Å²) in [4.78, 5) is 1.40. The van der Waals surface area contributed by atoms with Crippen molar-refractivity contribution in [2.75, 3.05) is 18.6 Å². The monoisotopic (exact) mass is 247 g/mol. The molecule has 2 rings (SSSR count). The average Bonchev–Trinajstić information content (AvgIpc) is 2.40. The molecule has 2 aromatic rings. The molecule has 17 heavy (non-hydrogen) atoms. The van der Waals surface area contributed by atoms with Crippen molar-refractivity contribution in [2.45, 2.75) is 18.7 Å². The number of rotatable bonds is 4. The highest BCUT2D eigenvalue weighted by molar-refractivity contribution is 7.97. The molecule has 2 aromatic carbocycles. The Morgan fingerprint density at radius 3 is 2.35 bits per heavy atom. The minimum Gasteiger partial charge on any atom is -0.492 e. The summed E-state index contributed by atoms with van der Waals surface area (Å²) < 4.78 is 5.55. The van der Waals surface area contributed by atoms with Gasteiger partial charge in [0.1, 0.15) is 11.5 Å². The number of fused-ring (bicyclic) bond motifs is 1.